The molecule has 5 nitrogen and oxygen atoms in total. The molecular formula is C15H15NO4. The quantitative estimate of drug-likeness (QED) is 0.933. The first-order chi connectivity index (χ1) is 9.40. The van der Waals surface area contributed by atoms with Crippen LogP contribution in [0.15, 0.2) is 34.7 Å². The molecule has 0 saturated heterocycles. The molecule has 0 radical (unpaired) electrons. The van der Waals surface area contributed by atoms with E-state index in [1.165, 1.54) is 17.0 Å². The van der Waals surface area contributed by atoms with Crippen molar-refractivity contribution in [2.75, 3.05) is 11.9 Å². The molecule has 0 spiro atoms. The summed E-state index contributed by atoms with van der Waals surface area (Å²) in [5.74, 6) is -1.82. The van der Waals surface area contributed by atoms with Crippen LogP contribution >= 0.6 is 0 Å². The first kappa shape index (κ1) is 13.9. The van der Waals surface area contributed by atoms with Crippen molar-refractivity contribution in [1.29, 1.82) is 0 Å². The van der Waals surface area contributed by atoms with Crippen molar-refractivity contribution >= 4 is 17.6 Å². The van der Waals surface area contributed by atoms with Gasteiger partial charge in [0.25, 0.3) is 5.91 Å². The Morgan fingerprint density at radius 2 is 1.75 bits per heavy atom. The lowest BCUT2D eigenvalue weighted by Gasteiger charge is -2.18. The second-order valence-corrected chi connectivity index (χ2v) is 4.62. The number of hydrogen-bond donors (Lipinski definition) is 1. The molecular weight excluding hydrogens is 258 g/mol. The van der Waals surface area contributed by atoms with Gasteiger partial charge in [-0.15, -0.1) is 0 Å². The maximum absolute atomic E-state index is 12.3. The summed E-state index contributed by atoms with van der Waals surface area (Å²) < 4.78 is 5.02. The number of aromatic carboxylic acids is 1. The van der Waals surface area contributed by atoms with Crippen molar-refractivity contribution in [2.24, 2.45) is 0 Å². The molecule has 1 aromatic heterocycles. The van der Waals surface area contributed by atoms with Crippen LogP contribution in [-0.2, 0) is 0 Å². The molecule has 0 aliphatic carbocycles. The minimum Gasteiger partial charge on any atom is -0.475 e. The molecule has 1 aromatic carbocycles. The number of anilines is 1. The van der Waals surface area contributed by atoms with Gasteiger partial charge in [-0.2, -0.15) is 0 Å². The fraction of sp³-hybridized carbons (Fsp3) is 0.200. The Bertz CT molecular complexity index is 672. The third kappa shape index (κ3) is 2.56. The molecule has 104 valence electrons. The van der Waals surface area contributed by atoms with Crippen LogP contribution in [0.2, 0.25) is 0 Å². The molecule has 0 aliphatic heterocycles. The molecule has 5 heteroatoms. The standard InChI is InChI=1S/C15H15NO4/c1-9-4-5-11(10(2)8-9)16(3)14(17)12-6-7-13(20-12)15(18)19/h4-8H,1-3H3,(H,18,19). The van der Waals surface area contributed by atoms with Gasteiger partial charge in [0.2, 0.25) is 5.76 Å². The zero-order valence-electron chi connectivity index (χ0n) is 11.5. The summed E-state index contributed by atoms with van der Waals surface area (Å²) in [5, 5.41) is 8.79. The number of benzene rings is 1. The molecule has 1 N–H and O–H groups in total. The Morgan fingerprint density at radius 3 is 2.30 bits per heavy atom. The number of carbonyl (C=O) groups excluding carboxylic acids is 1. The lowest BCUT2D eigenvalue weighted by atomic mass is 10.1. The Hall–Kier alpha value is -2.56. The molecule has 0 saturated carbocycles. The third-order valence-corrected chi connectivity index (χ3v) is 3.05. The van der Waals surface area contributed by atoms with E-state index in [0.717, 1.165) is 16.8 Å². The van der Waals surface area contributed by atoms with Crippen molar-refractivity contribution in [3.8, 4) is 0 Å². The predicted molar refractivity (Wildman–Crippen MR) is 74.3 cm³/mol. The Morgan fingerprint density at radius 1 is 1.10 bits per heavy atom. The zero-order valence-corrected chi connectivity index (χ0v) is 11.5. The first-order valence-corrected chi connectivity index (χ1v) is 6.08. The number of carboxylic acid groups (broad SMARTS) is 1. The van der Waals surface area contributed by atoms with Gasteiger partial charge >= 0.3 is 5.97 Å². The highest BCUT2D eigenvalue weighted by Crippen LogP contribution is 2.22. The number of carboxylic acids is 1. The van der Waals surface area contributed by atoms with E-state index in [4.69, 9.17) is 9.52 Å². The second kappa shape index (κ2) is 5.21. The van der Waals surface area contributed by atoms with Crippen LogP contribution in [0.4, 0.5) is 5.69 Å². The van der Waals surface area contributed by atoms with E-state index in [-0.39, 0.29) is 17.4 Å². The van der Waals surface area contributed by atoms with E-state index in [9.17, 15) is 9.59 Å². The van der Waals surface area contributed by atoms with Gasteiger partial charge in [0.15, 0.2) is 5.76 Å². The van der Waals surface area contributed by atoms with Crippen LogP contribution in [0.25, 0.3) is 0 Å². The smallest absolute Gasteiger partial charge is 0.371 e. The molecule has 0 atom stereocenters. The third-order valence-electron chi connectivity index (χ3n) is 3.05. The summed E-state index contributed by atoms with van der Waals surface area (Å²) in [7, 11) is 1.63. The molecule has 0 bridgehead atoms. The van der Waals surface area contributed by atoms with E-state index < -0.39 is 5.97 Å². The summed E-state index contributed by atoms with van der Waals surface area (Å²) in [6, 6.07) is 8.38. The molecule has 2 aromatic rings. The maximum Gasteiger partial charge on any atom is 0.371 e. The van der Waals surface area contributed by atoms with Crippen LogP contribution in [0.5, 0.6) is 0 Å². The summed E-state index contributed by atoms with van der Waals surface area (Å²) >= 11 is 0. The van der Waals surface area contributed by atoms with Crippen LogP contribution in [-0.4, -0.2) is 24.0 Å². The molecule has 20 heavy (non-hydrogen) atoms. The van der Waals surface area contributed by atoms with Crippen molar-refractivity contribution in [1.82, 2.24) is 0 Å². The lowest BCUT2D eigenvalue weighted by molar-refractivity contribution is 0.0660. The average molecular weight is 273 g/mol. The summed E-state index contributed by atoms with van der Waals surface area (Å²) in [4.78, 5) is 24.5. The van der Waals surface area contributed by atoms with E-state index in [1.54, 1.807) is 7.05 Å². The minimum atomic E-state index is -1.20. The van der Waals surface area contributed by atoms with Gasteiger partial charge in [-0.25, -0.2) is 4.79 Å². The summed E-state index contributed by atoms with van der Waals surface area (Å²) in [5.41, 5.74) is 2.83. The van der Waals surface area contributed by atoms with Crippen molar-refractivity contribution in [3.05, 3.63) is 53.0 Å². The monoisotopic (exact) mass is 273 g/mol. The fourth-order valence-electron chi connectivity index (χ4n) is 2.02. The van der Waals surface area contributed by atoms with E-state index in [2.05, 4.69) is 0 Å². The van der Waals surface area contributed by atoms with Crippen LogP contribution in [0, 0.1) is 13.8 Å². The highest BCUT2D eigenvalue weighted by atomic mass is 16.4. The highest BCUT2D eigenvalue weighted by molar-refractivity contribution is 6.04. The van der Waals surface area contributed by atoms with E-state index >= 15 is 0 Å². The first-order valence-electron chi connectivity index (χ1n) is 6.08. The lowest BCUT2D eigenvalue weighted by Crippen LogP contribution is -2.26. The Balaban J connectivity index is 2.29. The number of carbonyl (C=O) groups is 2. The minimum absolute atomic E-state index is 0.00451. The number of amides is 1. The van der Waals surface area contributed by atoms with Crippen LogP contribution in [0.1, 0.15) is 32.2 Å². The van der Waals surface area contributed by atoms with Gasteiger partial charge < -0.3 is 14.4 Å². The zero-order chi connectivity index (χ0) is 14.9. The van der Waals surface area contributed by atoms with Gasteiger partial charge in [-0.1, -0.05) is 17.7 Å². The molecule has 0 aliphatic rings. The molecule has 0 fully saturated rings. The maximum atomic E-state index is 12.3. The normalized spacial score (nSPS) is 10.3. The average Bonchev–Trinajstić information content (AvgIpc) is 2.87. The summed E-state index contributed by atoms with van der Waals surface area (Å²) in [6.45, 7) is 3.89. The van der Waals surface area contributed by atoms with Gasteiger partial charge in [0, 0.05) is 12.7 Å². The topological polar surface area (TPSA) is 70.8 Å². The Kier molecular flexibility index (Phi) is 3.61. The fourth-order valence-corrected chi connectivity index (χ4v) is 2.02. The van der Waals surface area contributed by atoms with E-state index in [0.29, 0.717) is 0 Å². The van der Waals surface area contributed by atoms with Crippen molar-refractivity contribution in [2.45, 2.75) is 13.8 Å². The molecule has 1 amide bonds. The predicted octanol–water partition coefficient (Wildman–Crippen LogP) is 2.87. The van der Waals surface area contributed by atoms with Crippen LogP contribution < -0.4 is 4.90 Å². The van der Waals surface area contributed by atoms with Gasteiger partial charge in [-0.05, 0) is 37.6 Å². The molecule has 2 rings (SSSR count). The second-order valence-electron chi connectivity index (χ2n) is 4.62. The van der Waals surface area contributed by atoms with Gasteiger partial charge in [-0.3, -0.25) is 4.79 Å². The molecule has 0 unspecified atom stereocenters. The largest absolute Gasteiger partial charge is 0.475 e. The van der Waals surface area contributed by atoms with Crippen molar-refractivity contribution < 1.29 is 19.1 Å². The highest BCUT2D eigenvalue weighted by Gasteiger charge is 2.20. The number of hydrogen-bond acceptors (Lipinski definition) is 3. The number of nitrogens with zero attached hydrogens (tertiary/aromatic N) is 1. The van der Waals surface area contributed by atoms with E-state index in [1.807, 2.05) is 32.0 Å². The summed E-state index contributed by atoms with van der Waals surface area (Å²) in [6.07, 6.45) is 0. The van der Waals surface area contributed by atoms with Gasteiger partial charge in [0.1, 0.15) is 0 Å². The van der Waals surface area contributed by atoms with Gasteiger partial charge in [0.05, 0.1) is 0 Å². The Labute approximate surface area is 116 Å². The SMILES string of the molecule is Cc1ccc(N(C)C(=O)c2ccc(C(=O)O)o2)c(C)c1. The molecule has 1 heterocycles. The van der Waals surface area contributed by atoms with Crippen molar-refractivity contribution in [3.63, 3.8) is 0 Å². The number of aryl methyl sites for hydroxylation is 2. The van der Waals surface area contributed by atoms with Crippen LogP contribution in [0.3, 0.4) is 0 Å². The number of furan rings is 1. The number of rotatable bonds is 3.